The van der Waals surface area contributed by atoms with Crippen molar-refractivity contribution < 1.29 is 17.9 Å². The zero-order valence-electron chi connectivity index (χ0n) is 14.1. The van der Waals surface area contributed by atoms with E-state index in [2.05, 4.69) is 16.8 Å². The summed E-state index contributed by atoms with van der Waals surface area (Å²) >= 11 is 1.32. The number of nitrogens with zero attached hydrogens (tertiary/aromatic N) is 3. The SMILES string of the molecule is C=CCn1c(SCC(O)c2ccc(F)cc2)nnc1C1CCS(=O)(=O)C1. The van der Waals surface area contributed by atoms with Crippen LogP contribution in [0.1, 0.15) is 29.8 Å². The zero-order chi connectivity index (χ0) is 18.7. The fourth-order valence-corrected chi connectivity index (χ4v) is 5.60. The molecule has 2 aromatic rings. The van der Waals surface area contributed by atoms with E-state index in [0.717, 1.165) is 0 Å². The third-order valence-corrected chi connectivity index (χ3v) is 7.09. The van der Waals surface area contributed by atoms with E-state index in [1.807, 2.05) is 4.57 Å². The van der Waals surface area contributed by atoms with Crippen molar-refractivity contribution >= 4 is 21.6 Å². The van der Waals surface area contributed by atoms with Crippen LogP contribution in [-0.4, -0.2) is 45.5 Å². The third kappa shape index (κ3) is 4.33. The number of aliphatic hydroxyl groups is 1. The van der Waals surface area contributed by atoms with E-state index < -0.39 is 15.9 Å². The second kappa shape index (κ2) is 7.89. The number of halogens is 1. The Morgan fingerprint density at radius 2 is 2.12 bits per heavy atom. The summed E-state index contributed by atoms with van der Waals surface area (Å²) in [6, 6.07) is 5.71. The van der Waals surface area contributed by atoms with Crippen molar-refractivity contribution in [3.05, 3.63) is 54.1 Å². The minimum absolute atomic E-state index is 0.0884. The van der Waals surface area contributed by atoms with Gasteiger partial charge in [-0.05, 0) is 24.1 Å². The number of thioether (sulfide) groups is 1. The van der Waals surface area contributed by atoms with E-state index in [1.54, 1.807) is 18.2 Å². The highest BCUT2D eigenvalue weighted by Crippen LogP contribution is 2.31. The predicted octanol–water partition coefficient (Wildman–Crippen LogP) is 2.33. The van der Waals surface area contributed by atoms with Gasteiger partial charge < -0.3 is 9.67 Å². The topological polar surface area (TPSA) is 85.1 Å². The van der Waals surface area contributed by atoms with Crippen LogP contribution in [0.5, 0.6) is 0 Å². The molecule has 0 saturated carbocycles. The Kier molecular flexibility index (Phi) is 5.79. The van der Waals surface area contributed by atoms with Crippen molar-refractivity contribution in [2.75, 3.05) is 17.3 Å². The highest BCUT2D eigenvalue weighted by molar-refractivity contribution is 7.99. The first kappa shape index (κ1) is 19.1. The van der Waals surface area contributed by atoms with Gasteiger partial charge in [0.05, 0.1) is 17.6 Å². The van der Waals surface area contributed by atoms with Gasteiger partial charge in [-0.15, -0.1) is 16.8 Å². The Hall–Kier alpha value is -1.71. The second-order valence-corrected chi connectivity index (χ2v) is 9.43. The van der Waals surface area contributed by atoms with Crippen LogP contribution in [0.4, 0.5) is 4.39 Å². The van der Waals surface area contributed by atoms with Gasteiger partial charge in [-0.1, -0.05) is 30.0 Å². The van der Waals surface area contributed by atoms with Gasteiger partial charge in [0.15, 0.2) is 15.0 Å². The van der Waals surface area contributed by atoms with Crippen LogP contribution in [0.25, 0.3) is 0 Å². The molecule has 1 N–H and O–H groups in total. The smallest absolute Gasteiger partial charge is 0.191 e. The summed E-state index contributed by atoms with van der Waals surface area (Å²) in [5, 5.41) is 19.2. The maximum atomic E-state index is 13.0. The van der Waals surface area contributed by atoms with Crippen molar-refractivity contribution in [1.82, 2.24) is 14.8 Å². The van der Waals surface area contributed by atoms with Crippen LogP contribution in [0.3, 0.4) is 0 Å². The molecule has 1 saturated heterocycles. The zero-order valence-corrected chi connectivity index (χ0v) is 15.7. The van der Waals surface area contributed by atoms with Crippen molar-refractivity contribution in [3.8, 4) is 0 Å². The molecule has 0 aliphatic carbocycles. The number of sulfone groups is 1. The average molecular weight is 397 g/mol. The van der Waals surface area contributed by atoms with Crippen LogP contribution >= 0.6 is 11.8 Å². The molecule has 0 amide bonds. The molecule has 9 heteroatoms. The summed E-state index contributed by atoms with van der Waals surface area (Å²) in [6.07, 6.45) is 1.47. The largest absolute Gasteiger partial charge is 0.388 e. The van der Waals surface area contributed by atoms with Crippen molar-refractivity contribution in [2.24, 2.45) is 0 Å². The minimum atomic E-state index is -3.02. The van der Waals surface area contributed by atoms with Crippen molar-refractivity contribution in [1.29, 1.82) is 0 Å². The van der Waals surface area contributed by atoms with Crippen LogP contribution in [0.2, 0.25) is 0 Å². The maximum absolute atomic E-state index is 13.0. The standard InChI is InChI=1S/C17H20FN3O3S2/c1-2-8-21-16(13-7-9-26(23,24)11-13)19-20-17(21)25-10-15(22)12-3-5-14(18)6-4-12/h2-6,13,15,22H,1,7-11H2. The summed E-state index contributed by atoms with van der Waals surface area (Å²) in [5.74, 6) is 0.711. The van der Waals surface area contributed by atoms with Gasteiger partial charge in [-0.3, -0.25) is 0 Å². The van der Waals surface area contributed by atoms with Crippen LogP contribution in [0, 0.1) is 5.82 Å². The average Bonchev–Trinajstić information content (AvgIpc) is 3.16. The maximum Gasteiger partial charge on any atom is 0.191 e. The lowest BCUT2D eigenvalue weighted by Crippen LogP contribution is -2.11. The fraction of sp³-hybridized carbons (Fsp3) is 0.412. The number of aromatic nitrogens is 3. The molecule has 0 radical (unpaired) electrons. The first-order valence-electron chi connectivity index (χ1n) is 8.20. The normalized spacial score (nSPS) is 20.2. The van der Waals surface area contributed by atoms with Crippen LogP contribution < -0.4 is 0 Å². The first-order valence-corrected chi connectivity index (χ1v) is 11.0. The quantitative estimate of drug-likeness (QED) is 0.570. The number of aliphatic hydroxyl groups excluding tert-OH is 1. The summed E-state index contributed by atoms with van der Waals surface area (Å²) < 4.78 is 38.3. The molecule has 1 aromatic carbocycles. The Balaban J connectivity index is 1.73. The van der Waals surface area contributed by atoms with Gasteiger partial charge in [0, 0.05) is 18.2 Å². The molecule has 0 bridgehead atoms. The molecule has 1 aromatic heterocycles. The molecule has 2 unspecified atom stereocenters. The van der Waals surface area contributed by atoms with E-state index in [0.29, 0.717) is 35.3 Å². The lowest BCUT2D eigenvalue weighted by Gasteiger charge is -2.13. The highest BCUT2D eigenvalue weighted by Gasteiger charge is 2.33. The molecule has 1 fully saturated rings. The summed E-state index contributed by atoms with van der Waals surface area (Å²) in [5.41, 5.74) is 0.621. The van der Waals surface area contributed by atoms with E-state index >= 15 is 0 Å². The van der Waals surface area contributed by atoms with E-state index in [-0.39, 0.29) is 23.2 Å². The molecule has 6 nitrogen and oxygen atoms in total. The van der Waals surface area contributed by atoms with E-state index in [1.165, 1.54) is 23.9 Å². The van der Waals surface area contributed by atoms with Gasteiger partial charge in [-0.25, -0.2) is 12.8 Å². The minimum Gasteiger partial charge on any atom is -0.388 e. The first-order chi connectivity index (χ1) is 12.4. The van der Waals surface area contributed by atoms with Crippen molar-refractivity contribution in [2.45, 2.75) is 30.1 Å². The Morgan fingerprint density at radius 3 is 2.73 bits per heavy atom. The Morgan fingerprint density at radius 1 is 1.38 bits per heavy atom. The molecule has 2 atom stereocenters. The number of allylic oxidation sites excluding steroid dienone is 1. The van der Waals surface area contributed by atoms with E-state index in [9.17, 15) is 17.9 Å². The number of hydrogen-bond acceptors (Lipinski definition) is 6. The fourth-order valence-electron chi connectivity index (χ4n) is 2.94. The summed E-state index contributed by atoms with van der Waals surface area (Å²) in [4.78, 5) is 0. The molecule has 140 valence electrons. The van der Waals surface area contributed by atoms with Crippen LogP contribution in [-0.2, 0) is 16.4 Å². The second-order valence-electron chi connectivity index (χ2n) is 6.22. The number of hydrogen-bond donors (Lipinski definition) is 1. The van der Waals surface area contributed by atoms with E-state index in [4.69, 9.17) is 0 Å². The van der Waals surface area contributed by atoms with Gasteiger partial charge in [-0.2, -0.15) is 0 Å². The lowest BCUT2D eigenvalue weighted by molar-refractivity contribution is 0.204. The number of benzene rings is 1. The summed E-state index contributed by atoms with van der Waals surface area (Å²) in [6.45, 7) is 4.20. The predicted molar refractivity (Wildman–Crippen MR) is 98.3 cm³/mol. The molecule has 26 heavy (non-hydrogen) atoms. The third-order valence-electron chi connectivity index (χ3n) is 4.28. The van der Waals surface area contributed by atoms with Crippen LogP contribution in [0.15, 0.2) is 42.1 Å². The number of rotatable bonds is 7. The Labute approximate surface area is 156 Å². The highest BCUT2D eigenvalue weighted by atomic mass is 32.2. The Bertz CT molecular complexity index is 881. The molecule has 3 rings (SSSR count). The molecular formula is C17H20FN3O3S2. The van der Waals surface area contributed by atoms with Gasteiger partial charge in [0.25, 0.3) is 0 Å². The monoisotopic (exact) mass is 397 g/mol. The molecule has 2 heterocycles. The molecule has 1 aliphatic heterocycles. The lowest BCUT2D eigenvalue weighted by atomic mass is 10.1. The van der Waals surface area contributed by atoms with Gasteiger partial charge >= 0.3 is 0 Å². The molecular weight excluding hydrogens is 377 g/mol. The van der Waals surface area contributed by atoms with Crippen molar-refractivity contribution in [3.63, 3.8) is 0 Å². The van der Waals surface area contributed by atoms with Gasteiger partial charge in [0.1, 0.15) is 11.6 Å². The molecule has 0 spiro atoms. The van der Waals surface area contributed by atoms with Gasteiger partial charge in [0.2, 0.25) is 0 Å². The summed E-state index contributed by atoms with van der Waals surface area (Å²) in [7, 11) is -3.02. The molecule has 1 aliphatic rings.